The third-order valence-electron chi connectivity index (χ3n) is 6.01. The number of aryl methyl sites for hydroxylation is 1. The maximum atomic E-state index is 12.3. The first-order valence-electron chi connectivity index (χ1n) is 11.1. The van der Waals surface area contributed by atoms with E-state index >= 15 is 0 Å². The number of aliphatic carboxylic acids is 2. The number of carboxylic acids is 2. The van der Waals surface area contributed by atoms with E-state index in [1.54, 1.807) is 0 Å². The molecule has 1 saturated heterocycles. The van der Waals surface area contributed by atoms with Crippen molar-refractivity contribution in [1.82, 2.24) is 4.90 Å². The highest BCUT2D eigenvalue weighted by Crippen LogP contribution is 2.51. The lowest BCUT2D eigenvalue weighted by atomic mass is 9.59. The number of nitrogens with zero attached hydrogens (tertiary/aromatic N) is 1. The predicted molar refractivity (Wildman–Crippen MR) is 119 cm³/mol. The van der Waals surface area contributed by atoms with Gasteiger partial charge in [-0.25, -0.2) is 9.59 Å². The van der Waals surface area contributed by atoms with E-state index in [2.05, 4.69) is 38.7 Å². The van der Waals surface area contributed by atoms with Gasteiger partial charge in [0.05, 0.1) is 6.10 Å². The molecule has 1 heterocycles. The summed E-state index contributed by atoms with van der Waals surface area (Å²) >= 11 is 0. The second-order valence-corrected chi connectivity index (χ2v) is 11.0. The van der Waals surface area contributed by atoms with Gasteiger partial charge in [0, 0.05) is 32.5 Å². The summed E-state index contributed by atoms with van der Waals surface area (Å²) in [4.78, 5) is 23.4. The number of aliphatic hydroxyl groups is 1. The minimum atomic E-state index is -5.08. The van der Waals surface area contributed by atoms with Crippen LogP contribution in [0.25, 0.3) is 0 Å². The Labute approximate surface area is 197 Å². The molecule has 0 radical (unpaired) electrons. The lowest BCUT2D eigenvalue weighted by Crippen LogP contribution is -2.55. The Bertz CT molecular complexity index is 890. The molecule has 0 amide bonds. The van der Waals surface area contributed by atoms with Gasteiger partial charge in [-0.1, -0.05) is 39.8 Å². The van der Waals surface area contributed by atoms with Gasteiger partial charge in [-0.2, -0.15) is 13.2 Å². The molecule has 0 bridgehead atoms. The number of rotatable bonds is 5. The molecule has 34 heavy (non-hydrogen) atoms. The summed E-state index contributed by atoms with van der Waals surface area (Å²) in [5.41, 5.74) is 0.730. The van der Waals surface area contributed by atoms with E-state index < -0.39 is 23.7 Å². The first kappa shape index (κ1) is 27.9. The van der Waals surface area contributed by atoms with Crippen LogP contribution in [0.2, 0.25) is 0 Å². The molecule has 1 aliphatic heterocycles. The van der Waals surface area contributed by atoms with Crippen LogP contribution >= 0.6 is 0 Å². The number of hydrogen-bond donors (Lipinski definition) is 3. The van der Waals surface area contributed by atoms with E-state index in [-0.39, 0.29) is 16.9 Å². The average molecular weight is 490 g/mol. The number of benzene rings is 1. The smallest absolute Gasteiger partial charge is 0.478 e. The first-order valence-corrected chi connectivity index (χ1v) is 11.1. The third-order valence-corrected chi connectivity index (χ3v) is 6.01. The largest absolute Gasteiger partial charge is 0.490 e. The van der Waals surface area contributed by atoms with Crippen LogP contribution in [-0.2, 0) is 16.1 Å². The van der Waals surface area contributed by atoms with E-state index in [1.807, 2.05) is 19.1 Å². The fourth-order valence-electron chi connectivity index (χ4n) is 5.36. The zero-order valence-corrected chi connectivity index (χ0v) is 20.2. The normalized spacial score (nSPS) is 21.6. The summed E-state index contributed by atoms with van der Waals surface area (Å²) < 4.78 is 38.0. The number of ether oxygens (including phenoxy) is 1. The molecule has 1 aromatic rings. The molecule has 192 valence electrons. The highest BCUT2D eigenvalue weighted by atomic mass is 19.4. The number of aliphatic hydroxyl groups excluding tert-OH is 1. The molecule has 2 fully saturated rings. The molecule has 3 N–H and O–H groups in total. The van der Waals surface area contributed by atoms with Gasteiger partial charge in [0.25, 0.3) is 0 Å². The Morgan fingerprint density at radius 1 is 1.06 bits per heavy atom. The van der Waals surface area contributed by atoms with Crippen molar-refractivity contribution in [1.29, 1.82) is 0 Å². The van der Waals surface area contributed by atoms with E-state index in [9.17, 15) is 28.2 Å². The predicted octanol–water partition coefficient (Wildman–Crippen LogP) is 4.24. The molecular formula is C24H34F3NO6. The molecule has 0 aromatic heterocycles. The van der Waals surface area contributed by atoms with Crippen molar-refractivity contribution >= 4 is 11.9 Å². The molecular weight excluding hydrogens is 455 g/mol. The van der Waals surface area contributed by atoms with Crippen LogP contribution in [0.1, 0.15) is 58.1 Å². The molecule has 10 heteroatoms. The molecule has 7 nitrogen and oxygen atoms in total. The van der Waals surface area contributed by atoms with Gasteiger partial charge in [-0.3, -0.25) is 4.90 Å². The zero-order valence-electron chi connectivity index (χ0n) is 20.2. The van der Waals surface area contributed by atoms with Crippen LogP contribution in [0.5, 0.6) is 5.75 Å². The van der Waals surface area contributed by atoms with Crippen molar-refractivity contribution in [2.45, 2.75) is 78.3 Å². The second-order valence-electron chi connectivity index (χ2n) is 11.0. The lowest BCUT2D eigenvalue weighted by Gasteiger charge is -2.49. The van der Waals surface area contributed by atoms with Gasteiger partial charge in [0.2, 0.25) is 5.60 Å². The van der Waals surface area contributed by atoms with Crippen molar-refractivity contribution in [3.63, 3.8) is 0 Å². The minimum Gasteiger partial charge on any atom is -0.478 e. The fraction of sp³-hybridized carbons (Fsp3) is 0.667. The quantitative estimate of drug-likeness (QED) is 0.568. The maximum Gasteiger partial charge on any atom is 0.490 e. The van der Waals surface area contributed by atoms with Crippen molar-refractivity contribution in [2.75, 3.05) is 13.1 Å². The van der Waals surface area contributed by atoms with Crippen LogP contribution in [0.15, 0.2) is 18.2 Å². The summed E-state index contributed by atoms with van der Waals surface area (Å²) in [6.45, 7) is 12.7. The summed E-state index contributed by atoms with van der Waals surface area (Å²) in [6.07, 6.45) is -3.29. The number of hydrogen-bond acceptors (Lipinski definition) is 5. The van der Waals surface area contributed by atoms with Crippen LogP contribution in [-0.4, -0.2) is 63.1 Å². The van der Waals surface area contributed by atoms with Crippen LogP contribution in [0, 0.1) is 17.8 Å². The molecule has 2 aliphatic rings. The Morgan fingerprint density at radius 3 is 1.94 bits per heavy atom. The van der Waals surface area contributed by atoms with Crippen LogP contribution in [0.3, 0.4) is 0 Å². The Hall–Kier alpha value is -2.33. The second kappa shape index (κ2) is 9.73. The summed E-state index contributed by atoms with van der Waals surface area (Å²) in [6, 6.07) is 5.97. The molecule has 1 aliphatic carbocycles. The Balaban J connectivity index is 0.000000509. The Morgan fingerprint density at radius 2 is 1.56 bits per heavy atom. The van der Waals surface area contributed by atoms with Crippen LogP contribution in [0.4, 0.5) is 13.2 Å². The van der Waals surface area contributed by atoms with Gasteiger partial charge in [-0.05, 0) is 41.4 Å². The molecule has 1 aromatic carbocycles. The first-order chi connectivity index (χ1) is 15.3. The van der Waals surface area contributed by atoms with Crippen molar-refractivity contribution in [3.05, 3.63) is 29.3 Å². The van der Waals surface area contributed by atoms with E-state index in [1.165, 1.54) is 0 Å². The van der Waals surface area contributed by atoms with Gasteiger partial charge in [0.1, 0.15) is 5.75 Å². The standard InChI is InChI=1S/C22H33NO4.C2HF3O2/c1-15-8-16(9-23-10-17(24)11-23)6-7-18(15)27-22(19(25)26)13-20(2,3)12-21(4,5)14-22;3-2(4,5)1(6)7/h6-8,17,24H,9-14H2,1-5H3,(H,25,26);(H,6,7). The van der Waals surface area contributed by atoms with E-state index in [0.717, 1.165) is 24.1 Å². The summed E-state index contributed by atoms with van der Waals surface area (Å²) in [7, 11) is 0. The zero-order chi connectivity index (χ0) is 26.1. The van der Waals surface area contributed by atoms with Gasteiger partial charge in [0.15, 0.2) is 0 Å². The van der Waals surface area contributed by atoms with E-state index in [0.29, 0.717) is 31.7 Å². The molecule has 0 unspecified atom stereocenters. The number of alkyl halides is 3. The van der Waals surface area contributed by atoms with Gasteiger partial charge in [-0.15, -0.1) is 0 Å². The van der Waals surface area contributed by atoms with Gasteiger partial charge < -0.3 is 20.1 Å². The number of β-amino-alcohol motifs (C(OH)–C–C–N with tert-alkyl or cyclic N) is 1. The molecule has 0 spiro atoms. The monoisotopic (exact) mass is 489 g/mol. The molecule has 1 saturated carbocycles. The van der Waals surface area contributed by atoms with Crippen molar-refractivity contribution in [3.8, 4) is 5.75 Å². The van der Waals surface area contributed by atoms with Gasteiger partial charge >= 0.3 is 18.1 Å². The Kier molecular flexibility index (Phi) is 7.99. The molecule has 3 rings (SSSR count). The highest BCUT2D eigenvalue weighted by molar-refractivity contribution is 5.78. The summed E-state index contributed by atoms with van der Waals surface area (Å²) in [5.74, 6) is -2.98. The fourth-order valence-corrected chi connectivity index (χ4v) is 5.36. The van der Waals surface area contributed by atoms with Crippen LogP contribution < -0.4 is 4.74 Å². The lowest BCUT2D eigenvalue weighted by molar-refractivity contribution is -0.192. The van der Waals surface area contributed by atoms with E-state index in [4.69, 9.17) is 14.6 Å². The number of carbonyl (C=O) groups is 2. The van der Waals surface area contributed by atoms with Crippen molar-refractivity contribution < 1.29 is 42.8 Å². The van der Waals surface area contributed by atoms with Crippen molar-refractivity contribution in [2.24, 2.45) is 10.8 Å². The average Bonchev–Trinajstić information content (AvgIpc) is 2.59. The minimum absolute atomic E-state index is 0.0909. The topological polar surface area (TPSA) is 107 Å². The number of carboxylic acid groups (broad SMARTS) is 2. The number of likely N-dealkylation sites (tertiary alicyclic amines) is 1. The third kappa shape index (κ3) is 7.33. The number of halogens is 3. The SMILES string of the molecule is Cc1cc(CN2CC(O)C2)ccc1OC1(C(=O)O)CC(C)(C)CC(C)(C)C1.O=C(O)C(F)(F)F. The molecule has 0 atom stereocenters. The maximum absolute atomic E-state index is 12.3. The summed E-state index contributed by atoms with van der Waals surface area (Å²) in [5, 5.41) is 26.6. The highest BCUT2D eigenvalue weighted by Gasteiger charge is 2.54.